The molecule has 1 aromatic heterocycles. The van der Waals surface area contributed by atoms with Crippen molar-refractivity contribution in [1.82, 2.24) is 9.78 Å². The minimum atomic E-state index is -0.611. The Hall–Kier alpha value is -2.03. The van der Waals surface area contributed by atoms with Gasteiger partial charge >= 0.3 is 5.97 Å². The molecule has 0 saturated heterocycles. The summed E-state index contributed by atoms with van der Waals surface area (Å²) in [4.78, 5) is 11.7. The van der Waals surface area contributed by atoms with Gasteiger partial charge in [0.1, 0.15) is 12.0 Å². The summed E-state index contributed by atoms with van der Waals surface area (Å²) in [5, 5.41) is 4.25. The Morgan fingerprint density at radius 1 is 1.36 bits per heavy atom. The fraction of sp³-hybridized carbons (Fsp3) is 0.200. The van der Waals surface area contributed by atoms with E-state index in [0.29, 0.717) is 5.75 Å². The Bertz CT molecular complexity index is 709. The molecule has 0 amide bonds. The van der Waals surface area contributed by atoms with E-state index < -0.39 is 5.97 Å². The molecule has 116 valence electrons. The number of aromatic nitrogens is 2. The summed E-state index contributed by atoms with van der Waals surface area (Å²) >= 11 is 2.19. The van der Waals surface area contributed by atoms with E-state index in [9.17, 15) is 4.79 Å². The van der Waals surface area contributed by atoms with Crippen LogP contribution in [0.5, 0.6) is 5.75 Å². The molecule has 0 bridgehead atoms. The van der Waals surface area contributed by atoms with E-state index >= 15 is 0 Å². The van der Waals surface area contributed by atoms with Gasteiger partial charge in [-0.2, -0.15) is 5.10 Å². The van der Waals surface area contributed by atoms with Crippen LogP contribution in [0, 0.1) is 10.5 Å². The molecule has 0 spiro atoms. The van der Waals surface area contributed by atoms with Crippen molar-refractivity contribution < 1.29 is 19.0 Å². The number of hydrogen-bond acceptors (Lipinski definition) is 5. The van der Waals surface area contributed by atoms with Crippen molar-refractivity contribution in [3.8, 4) is 11.4 Å². The third kappa shape index (κ3) is 3.79. The van der Waals surface area contributed by atoms with Gasteiger partial charge in [0, 0.05) is 12.3 Å². The molecule has 1 aromatic carbocycles. The lowest BCUT2D eigenvalue weighted by Gasteiger charge is -2.12. The third-order valence-corrected chi connectivity index (χ3v) is 3.38. The predicted octanol–water partition coefficient (Wildman–Crippen LogP) is 2.82. The Kier molecular flexibility index (Phi) is 5.42. The van der Waals surface area contributed by atoms with Crippen molar-refractivity contribution in [2.45, 2.75) is 6.92 Å². The van der Waals surface area contributed by atoms with E-state index in [2.05, 4.69) is 32.4 Å². The van der Waals surface area contributed by atoms with Crippen LogP contribution in [-0.2, 0) is 14.3 Å². The largest absolute Gasteiger partial charge is 0.500 e. The molecule has 0 aliphatic heterocycles. The molecule has 0 fully saturated rings. The molecule has 2 rings (SSSR count). The molecule has 0 N–H and O–H groups in total. The summed E-state index contributed by atoms with van der Waals surface area (Å²) in [7, 11) is 2.71. The number of benzene rings is 1. The fourth-order valence-corrected chi connectivity index (χ4v) is 2.11. The molecule has 0 radical (unpaired) electrons. The van der Waals surface area contributed by atoms with E-state index in [1.54, 1.807) is 16.9 Å². The molecular weight excluding hydrogens is 399 g/mol. The van der Waals surface area contributed by atoms with Gasteiger partial charge in [-0.15, -0.1) is 0 Å². The number of halogens is 1. The van der Waals surface area contributed by atoms with Crippen LogP contribution >= 0.6 is 22.6 Å². The second kappa shape index (κ2) is 7.30. The van der Waals surface area contributed by atoms with Crippen LogP contribution in [0.4, 0.5) is 0 Å². The topological polar surface area (TPSA) is 62.6 Å². The molecule has 6 nitrogen and oxygen atoms in total. The highest BCUT2D eigenvalue weighted by Gasteiger charge is 2.15. The minimum Gasteiger partial charge on any atom is -0.500 e. The van der Waals surface area contributed by atoms with Crippen molar-refractivity contribution in [2.75, 3.05) is 14.2 Å². The van der Waals surface area contributed by atoms with Crippen molar-refractivity contribution >= 4 is 28.6 Å². The first kappa shape index (κ1) is 16.3. The molecule has 0 aliphatic carbocycles. The molecule has 0 unspecified atom stereocenters. The maximum atomic E-state index is 11.7. The molecule has 7 heteroatoms. The van der Waals surface area contributed by atoms with Gasteiger partial charge < -0.3 is 14.2 Å². The second-order valence-corrected chi connectivity index (χ2v) is 5.61. The third-order valence-electron chi connectivity index (χ3n) is 2.82. The van der Waals surface area contributed by atoms with Crippen molar-refractivity contribution in [3.05, 3.63) is 51.7 Å². The van der Waals surface area contributed by atoms with Gasteiger partial charge in [0.05, 0.1) is 29.7 Å². The number of aryl methyl sites for hydroxylation is 1. The number of carbonyl (C=O) groups excluding carboxylic acids is 1. The van der Waals surface area contributed by atoms with Crippen LogP contribution in [0.1, 0.15) is 5.56 Å². The van der Waals surface area contributed by atoms with E-state index in [1.807, 2.05) is 25.3 Å². The highest BCUT2D eigenvalue weighted by molar-refractivity contribution is 14.1. The zero-order valence-electron chi connectivity index (χ0n) is 12.4. The van der Waals surface area contributed by atoms with Crippen LogP contribution < -0.4 is 4.74 Å². The molecule has 0 saturated carbocycles. The quantitative estimate of drug-likeness (QED) is 0.326. The maximum Gasteiger partial charge on any atom is 0.377 e. The fourth-order valence-electron chi connectivity index (χ4n) is 1.72. The molecular formula is C15H15IN2O4. The van der Waals surface area contributed by atoms with Gasteiger partial charge in [0.2, 0.25) is 5.76 Å². The number of methoxy groups -OCH3 is 2. The van der Waals surface area contributed by atoms with E-state index in [1.165, 1.54) is 20.5 Å². The number of carbonyl (C=O) groups is 1. The summed E-state index contributed by atoms with van der Waals surface area (Å²) in [6, 6.07) is 5.61. The molecule has 2 aromatic rings. The Balaban J connectivity index is 2.34. The van der Waals surface area contributed by atoms with Gasteiger partial charge in [-0.05, 0) is 41.1 Å². The van der Waals surface area contributed by atoms with Crippen LogP contribution in [0.25, 0.3) is 5.69 Å². The zero-order chi connectivity index (χ0) is 16.1. The number of hydrogen-bond donors (Lipinski definition) is 0. The second-order valence-electron chi connectivity index (χ2n) is 4.36. The highest BCUT2D eigenvalue weighted by atomic mass is 127. The zero-order valence-corrected chi connectivity index (χ0v) is 14.5. The normalized spacial score (nSPS) is 11.2. The Morgan fingerprint density at radius 2 is 2.14 bits per heavy atom. The Labute approximate surface area is 141 Å². The number of nitrogens with zero attached hydrogens (tertiary/aromatic N) is 2. The SMILES string of the molecule is CO/C=C(\Oc1cc(-n2cc(I)cn2)ccc1C)C(=O)OC. The number of esters is 1. The van der Waals surface area contributed by atoms with Gasteiger partial charge in [-0.1, -0.05) is 6.07 Å². The van der Waals surface area contributed by atoms with Gasteiger partial charge in [-0.25, -0.2) is 9.48 Å². The molecule has 0 atom stereocenters. The van der Waals surface area contributed by atoms with Crippen LogP contribution in [-0.4, -0.2) is 30.0 Å². The monoisotopic (exact) mass is 414 g/mol. The molecule has 22 heavy (non-hydrogen) atoms. The lowest BCUT2D eigenvalue weighted by Crippen LogP contribution is -2.12. The van der Waals surface area contributed by atoms with Gasteiger partial charge in [0.25, 0.3) is 0 Å². The highest BCUT2D eigenvalue weighted by Crippen LogP contribution is 2.24. The van der Waals surface area contributed by atoms with Gasteiger partial charge in [-0.3, -0.25) is 0 Å². The summed E-state index contributed by atoms with van der Waals surface area (Å²) < 4.78 is 17.9. The van der Waals surface area contributed by atoms with Gasteiger partial charge in [0.15, 0.2) is 0 Å². The summed E-state index contributed by atoms with van der Waals surface area (Å²) in [5.41, 5.74) is 1.70. The van der Waals surface area contributed by atoms with Crippen molar-refractivity contribution in [3.63, 3.8) is 0 Å². The lowest BCUT2D eigenvalue weighted by molar-refractivity contribution is -0.138. The van der Waals surface area contributed by atoms with E-state index in [4.69, 9.17) is 9.47 Å². The summed E-state index contributed by atoms with van der Waals surface area (Å²) in [6.45, 7) is 1.88. The first-order valence-electron chi connectivity index (χ1n) is 6.35. The summed E-state index contributed by atoms with van der Waals surface area (Å²) in [6.07, 6.45) is 4.85. The average molecular weight is 414 g/mol. The smallest absolute Gasteiger partial charge is 0.377 e. The predicted molar refractivity (Wildman–Crippen MR) is 88.8 cm³/mol. The average Bonchev–Trinajstić information content (AvgIpc) is 2.94. The van der Waals surface area contributed by atoms with Crippen molar-refractivity contribution in [2.24, 2.45) is 0 Å². The standard InChI is InChI=1S/C15H15IN2O4/c1-10-4-5-12(18-8-11(16)7-17-18)6-13(10)22-14(9-20-2)15(19)21-3/h4-9H,1-3H3/b14-9-. The summed E-state index contributed by atoms with van der Waals surface area (Å²) in [5.74, 6) is -0.114. The first-order chi connectivity index (χ1) is 10.5. The maximum absolute atomic E-state index is 11.7. The first-order valence-corrected chi connectivity index (χ1v) is 7.43. The van der Waals surface area contributed by atoms with E-state index in [-0.39, 0.29) is 5.76 Å². The number of ether oxygens (including phenoxy) is 3. The minimum absolute atomic E-state index is 0.0275. The molecule has 0 aliphatic rings. The van der Waals surface area contributed by atoms with Crippen LogP contribution in [0.3, 0.4) is 0 Å². The number of rotatable bonds is 5. The van der Waals surface area contributed by atoms with Crippen molar-refractivity contribution in [1.29, 1.82) is 0 Å². The van der Waals surface area contributed by atoms with Crippen LogP contribution in [0.15, 0.2) is 42.6 Å². The Morgan fingerprint density at radius 3 is 2.73 bits per heavy atom. The van der Waals surface area contributed by atoms with Crippen LogP contribution in [0.2, 0.25) is 0 Å². The molecule has 1 heterocycles. The lowest BCUT2D eigenvalue weighted by atomic mass is 10.2. The van der Waals surface area contributed by atoms with E-state index in [0.717, 1.165) is 14.8 Å².